The molecule has 0 aromatic carbocycles. The molecule has 0 amide bonds. The van der Waals surface area contributed by atoms with Gasteiger partial charge in [-0.1, -0.05) is 52.2 Å². The molecule has 0 bridgehead atoms. The smallest absolute Gasteiger partial charge is 0.0328 e. The molecule has 1 N–H and O–H groups in total. The first-order valence-corrected chi connectivity index (χ1v) is 6.98. The molecule has 1 aliphatic carbocycles. The Morgan fingerprint density at radius 1 is 1.19 bits per heavy atom. The second kappa shape index (κ2) is 6.44. The van der Waals surface area contributed by atoms with Crippen molar-refractivity contribution in [1.29, 1.82) is 0 Å². The molecule has 0 heterocycles. The standard InChI is InChI=1S/C15H29N/c1-5-16-14(15(2,3)4)13-11-9-7-6-8-10-12-13/h11,14,16H,5-10,12H2,1-4H3. The molecule has 0 fully saturated rings. The second-order valence-corrected chi connectivity index (χ2v) is 6.09. The van der Waals surface area contributed by atoms with E-state index in [9.17, 15) is 0 Å². The summed E-state index contributed by atoms with van der Waals surface area (Å²) in [6, 6.07) is 0.565. The molecular weight excluding hydrogens is 194 g/mol. The molecule has 0 saturated heterocycles. The maximum atomic E-state index is 3.67. The molecular formula is C15H29N. The molecule has 16 heavy (non-hydrogen) atoms. The van der Waals surface area contributed by atoms with Gasteiger partial charge in [0.2, 0.25) is 0 Å². The van der Waals surface area contributed by atoms with Gasteiger partial charge in [0.15, 0.2) is 0 Å². The van der Waals surface area contributed by atoms with E-state index in [2.05, 4.69) is 39.1 Å². The first-order chi connectivity index (χ1) is 7.55. The van der Waals surface area contributed by atoms with Crippen molar-refractivity contribution in [1.82, 2.24) is 5.32 Å². The van der Waals surface area contributed by atoms with Crippen LogP contribution in [0.25, 0.3) is 0 Å². The average Bonchev–Trinajstić information content (AvgIpc) is 2.13. The van der Waals surface area contributed by atoms with E-state index in [0.717, 1.165) is 6.54 Å². The quantitative estimate of drug-likeness (QED) is 0.704. The molecule has 0 spiro atoms. The Bertz CT molecular complexity index is 222. The van der Waals surface area contributed by atoms with Crippen LogP contribution < -0.4 is 5.32 Å². The molecule has 1 aliphatic rings. The lowest BCUT2D eigenvalue weighted by Gasteiger charge is -2.34. The summed E-state index contributed by atoms with van der Waals surface area (Å²) in [6.07, 6.45) is 10.7. The average molecular weight is 223 g/mol. The predicted molar refractivity (Wildman–Crippen MR) is 72.7 cm³/mol. The van der Waals surface area contributed by atoms with E-state index in [1.54, 1.807) is 5.57 Å². The Morgan fingerprint density at radius 2 is 1.88 bits per heavy atom. The van der Waals surface area contributed by atoms with Crippen molar-refractivity contribution in [2.75, 3.05) is 6.54 Å². The van der Waals surface area contributed by atoms with Crippen molar-refractivity contribution in [2.45, 2.75) is 72.3 Å². The Morgan fingerprint density at radius 3 is 2.50 bits per heavy atom. The Labute approximate surface area is 102 Å². The van der Waals surface area contributed by atoms with Crippen molar-refractivity contribution < 1.29 is 0 Å². The minimum Gasteiger partial charge on any atom is -0.310 e. The van der Waals surface area contributed by atoms with Crippen LogP contribution >= 0.6 is 0 Å². The van der Waals surface area contributed by atoms with Gasteiger partial charge in [-0.05, 0) is 37.6 Å². The van der Waals surface area contributed by atoms with Crippen LogP contribution in [0.15, 0.2) is 11.6 Å². The summed E-state index contributed by atoms with van der Waals surface area (Å²) in [5.74, 6) is 0. The SMILES string of the molecule is CCNC(C1=CCCCCCC1)C(C)(C)C. The molecule has 0 aliphatic heterocycles. The van der Waals surface area contributed by atoms with Crippen LogP contribution in [-0.2, 0) is 0 Å². The molecule has 1 rings (SSSR count). The van der Waals surface area contributed by atoms with Crippen LogP contribution in [0.3, 0.4) is 0 Å². The zero-order valence-electron chi connectivity index (χ0n) is 11.6. The minimum atomic E-state index is 0.334. The van der Waals surface area contributed by atoms with E-state index < -0.39 is 0 Å². The number of nitrogens with one attached hydrogen (secondary N) is 1. The van der Waals surface area contributed by atoms with Gasteiger partial charge in [-0.25, -0.2) is 0 Å². The van der Waals surface area contributed by atoms with Gasteiger partial charge >= 0.3 is 0 Å². The molecule has 0 saturated carbocycles. The molecule has 0 radical (unpaired) electrons. The molecule has 94 valence electrons. The van der Waals surface area contributed by atoms with E-state index in [1.165, 1.54) is 38.5 Å². The monoisotopic (exact) mass is 223 g/mol. The third kappa shape index (κ3) is 4.29. The molecule has 1 heteroatoms. The number of rotatable bonds is 3. The van der Waals surface area contributed by atoms with Crippen LogP contribution in [0.5, 0.6) is 0 Å². The second-order valence-electron chi connectivity index (χ2n) is 6.09. The van der Waals surface area contributed by atoms with E-state index in [4.69, 9.17) is 0 Å². The largest absolute Gasteiger partial charge is 0.310 e. The van der Waals surface area contributed by atoms with E-state index in [1.807, 2.05) is 0 Å². The van der Waals surface area contributed by atoms with Gasteiger partial charge in [-0.2, -0.15) is 0 Å². The van der Waals surface area contributed by atoms with Crippen molar-refractivity contribution in [3.8, 4) is 0 Å². The highest BCUT2D eigenvalue weighted by Gasteiger charge is 2.26. The van der Waals surface area contributed by atoms with Gasteiger partial charge in [-0.3, -0.25) is 0 Å². The fourth-order valence-corrected chi connectivity index (χ4v) is 2.68. The maximum absolute atomic E-state index is 3.67. The summed E-state index contributed by atoms with van der Waals surface area (Å²) >= 11 is 0. The topological polar surface area (TPSA) is 12.0 Å². The first kappa shape index (κ1) is 13.8. The summed E-state index contributed by atoms with van der Waals surface area (Å²) in [6.45, 7) is 10.3. The van der Waals surface area contributed by atoms with Gasteiger partial charge in [0.1, 0.15) is 0 Å². The van der Waals surface area contributed by atoms with Crippen molar-refractivity contribution in [3.05, 3.63) is 11.6 Å². The molecule has 0 aromatic rings. The minimum absolute atomic E-state index is 0.334. The highest BCUT2D eigenvalue weighted by molar-refractivity contribution is 5.15. The maximum Gasteiger partial charge on any atom is 0.0328 e. The highest BCUT2D eigenvalue weighted by Crippen LogP contribution is 2.29. The van der Waals surface area contributed by atoms with Crippen molar-refractivity contribution in [3.63, 3.8) is 0 Å². The van der Waals surface area contributed by atoms with Gasteiger partial charge in [-0.15, -0.1) is 0 Å². The van der Waals surface area contributed by atoms with Gasteiger partial charge in [0.05, 0.1) is 0 Å². The molecule has 0 aromatic heterocycles. The van der Waals surface area contributed by atoms with Gasteiger partial charge in [0.25, 0.3) is 0 Å². The fraction of sp³-hybridized carbons (Fsp3) is 0.867. The molecule has 1 atom stereocenters. The first-order valence-electron chi connectivity index (χ1n) is 6.98. The Balaban J connectivity index is 2.74. The molecule has 1 unspecified atom stereocenters. The lowest BCUT2D eigenvalue weighted by molar-refractivity contribution is 0.298. The van der Waals surface area contributed by atoms with Crippen molar-refractivity contribution in [2.24, 2.45) is 5.41 Å². The van der Waals surface area contributed by atoms with E-state index in [-0.39, 0.29) is 0 Å². The van der Waals surface area contributed by atoms with E-state index in [0.29, 0.717) is 11.5 Å². The number of allylic oxidation sites excluding steroid dienone is 1. The third-order valence-electron chi connectivity index (χ3n) is 3.47. The number of likely N-dealkylation sites (N-methyl/N-ethyl adjacent to an activating group) is 1. The summed E-state index contributed by atoms with van der Waals surface area (Å²) in [7, 11) is 0. The normalized spacial score (nSPS) is 20.9. The highest BCUT2D eigenvalue weighted by atomic mass is 14.9. The third-order valence-corrected chi connectivity index (χ3v) is 3.47. The fourth-order valence-electron chi connectivity index (χ4n) is 2.68. The number of hydrogen-bond acceptors (Lipinski definition) is 1. The van der Waals surface area contributed by atoms with Crippen LogP contribution in [0.4, 0.5) is 0 Å². The predicted octanol–water partition coefficient (Wildman–Crippen LogP) is 4.29. The summed E-state index contributed by atoms with van der Waals surface area (Å²) < 4.78 is 0. The van der Waals surface area contributed by atoms with E-state index >= 15 is 0 Å². The summed E-state index contributed by atoms with van der Waals surface area (Å²) in [4.78, 5) is 0. The zero-order valence-corrected chi connectivity index (χ0v) is 11.6. The summed E-state index contributed by atoms with van der Waals surface area (Å²) in [5.41, 5.74) is 2.00. The van der Waals surface area contributed by atoms with Gasteiger partial charge < -0.3 is 5.32 Å². The number of hydrogen-bond donors (Lipinski definition) is 1. The zero-order chi connectivity index (χ0) is 12.0. The van der Waals surface area contributed by atoms with Gasteiger partial charge in [0, 0.05) is 6.04 Å². The van der Waals surface area contributed by atoms with Crippen LogP contribution in [0.1, 0.15) is 66.2 Å². The Kier molecular flexibility index (Phi) is 5.54. The molecule has 1 nitrogen and oxygen atoms in total. The van der Waals surface area contributed by atoms with Crippen LogP contribution in [-0.4, -0.2) is 12.6 Å². The Hall–Kier alpha value is -0.300. The van der Waals surface area contributed by atoms with Crippen LogP contribution in [0, 0.1) is 5.41 Å². The lowest BCUT2D eigenvalue weighted by atomic mass is 9.79. The van der Waals surface area contributed by atoms with Crippen LogP contribution in [0.2, 0.25) is 0 Å². The lowest BCUT2D eigenvalue weighted by Crippen LogP contribution is -2.41. The van der Waals surface area contributed by atoms with Crippen molar-refractivity contribution >= 4 is 0 Å². The summed E-state index contributed by atoms with van der Waals surface area (Å²) in [5, 5.41) is 3.67.